The smallest absolute Gasteiger partial charge is 0.233 e. The summed E-state index contributed by atoms with van der Waals surface area (Å²) in [5, 5.41) is 12.9. The van der Waals surface area contributed by atoms with Crippen LogP contribution in [0.5, 0.6) is 11.5 Å². The van der Waals surface area contributed by atoms with Gasteiger partial charge in [-0.15, -0.1) is 5.10 Å². The zero-order valence-corrected chi connectivity index (χ0v) is 17.1. The number of carbonyl (C=O) groups is 1. The minimum absolute atomic E-state index is 0.0877. The van der Waals surface area contributed by atoms with E-state index >= 15 is 0 Å². The molecular weight excluding hydrogens is 390 g/mol. The lowest BCUT2D eigenvalue weighted by atomic mass is 10.0. The Bertz CT molecular complexity index is 883. The Morgan fingerprint density at radius 2 is 1.93 bits per heavy atom. The molecule has 9 heteroatoms. The van der Waals surface area contributed by atoms with Crippen LogP contribution in [0.4, 0.5) is 0 Å². The topological polar surface area (TPSA) is 82.4 Å². The van der Waals surface area contributed by atoms with Crippen molar-refractivity contribution in [1.29, 1.82) is 0 Å². The van der Waals surface area contributed by atoms with Crippen LogP contribution in [-0.4, -0.2) is 56.5 Å². The summed E-state index contributed by atoms with van der Waals surface area (Å²) in [4.78, 5) is 15.0. The Labute approximate surface area is 173 Å². The van der Waals surface area contributed by atoms with Gasteiger partial charge in [0.25, 0.3) is 0 Å². The molecule has 2 fully saturated rings. The summed E-state index contributed by atoms with van der Waals surface area (Å²) in [5.41, 5.74) is 1.11. The number of carbonyl (C=O) groups excluding carboxylic acids is 1. The molecule has 1 saturated carbocycles. The number of aromatic nitrogens is 4. The zero-order chi connectivity index (χ0) is 19.6. The van der Waals surface area contributed by atoms with E-state index in [4.69, 9.17) is 9.47 Å². The van der Waals surface area contributed by atoms with Crippen molar-refractivity contribution >= 4 is 17.7 Å². The Balaban J connectivity index is 1.26. The van der Waals surface area contributed by atoms with Crippen LogP contribution in [0.2, 0.25) is 0 Å². The van der Waals surface area contributed by atoms with Gasteiger partial charge in [0.2, 0.25) is 11.1 Å². The molecule has 0 N–H and O–H groups in total. The highest BCUT2D eigenvalue weighted by molar-refractivity contribution is 7.99. The summed E-state index contributed by atoms with van der Waals surface area (Å²) in [7, 11) is 0. The van der Waals surface area contributed by atoms with Crippen LogP contribution >= 0.6 is 11.8 Å². The van der Waals surface area contributed by atoms with Crippen molar-refractivity contribution in [1.82, 2.24) is 25.1 Å². The van der Waals surface area contributed by atoms with Gasteiger partial charge < -0.3 is 14.4 Å². The van der Waals surface area contributed by atoms with Crippen molar-refractivity contribution in [2.45, 2.75) is 55.8 Å². The summed E-state index contributed by atoms with van der Waals surface area (Å²) in [5.74, 6) is 2.05. The zero-order valence-electron chi connectivity index (χ0n) is 16.3. The summed E-state index contributed by atoms with van der Waals surface area (Å²) >= 11 is 1.45. The number of ether oxygens (including phenoxy) is 2. The molecule has 154 valence electrons. The fourth-order valence-corrected chi connectivity index (χ4v) is 5.38. The van der Waals surface area contributed by atoms with Crippen LogP contribution in [0.1, 0.15) is 56.2 Å². The predicted molar refractivity (Wildman–Crippen MR) is 107 cm³/mol. The highest BCUT2D eigenvalue weighted by Crippen LogP contribution is 2.38. The lowest BCUT2D eigenvalue weighted by Crippen LogP contribution is -2.32. The number of rotatable bonds is 5. The van der Waals surface area contributed by atoms with Gasteiger partial charge in [0.05, 0.1) is 17.8 Å². The maximum Gasteiger partial charge on any atom is 0.233 e. The van der Waals surface area contributed by atoms with Gasteiger partial charge in [-0.2, -0.15) is 0 Å². The molecule has 0 bridgehead atoms. The molecule has 1 amide bonds. The molecule has 1 aromatic heterocycles. The van der Waals surface area contributed by atoms with E-state index in [0.29, 0.717) is 25.0 Å². The van der Waals surface area contributed by atoms with Crippen LogP contribution < -0.4 is 9.47 Å². The van der Waals surface area contributed by atoms with Crippen molar-refractivity contribution in [3.8, 4) is 11.5 Å². The number of tetrazole rings is 1. The number of nitrogens with zero attached hydrogens (tertiary/aromatic N) is 5. The largest absolute Gasteiger partial charge is 0.486 e. The summed E-state index contributed by atoms with van der Waals surface area (Å²) in [6.07, 6.45) is 6.65. The van der Waals surface area contributed by atoms with Gasteiger partial charge in [-0.05, 0) is 53.8 Å². The quantitative estimate of drug-likeness (QED) is 0.694. The van der Waals surface area contributed by atoms with Crippen molar-refractivity contribution in [2.75, 3.05) is 25.5 Å². The van der Waals surface area contributed by atoms with E-state index in [0.717, 1.165) is 54.4 Å². The van der Waals surface area contributed by atoms with Crippen LogP contribution in [-0.2, 0) is 4.79 Å². The van der Waals surface area contributed by atoms with Crippen molar-refractivity contribution in [2.24, 2.45) is 0 Å². The number of benzene rings is 1. The second-order valence-electron chi connectivity index (χ2n) is 7.78. The van der Waals surface area contributed by atoms with E-state index in [9.17, 15) is 4.79 Å². The second kappa shape index (κ2) is 8.22. The van der Waals surface area contributed by atoms with Crippen LogP contribution in [0.15, 0.2) is 23.4 Å². The minimum atomic E-state index is 0.0877. The minimum Gasteiger partial charge on any atom is -0.486 e. The second-order valence-corrected chi connectivity index (χ2v) is 8.72. The maximum atomic E-state index is 13.0. The highest BCUT2D eigenvalue weighted by atomic mass is 32.2. The average Bonchev–Trinajstić information content (AvgIpc) is 3.52. The summed E-state index contributed by atoms with van der Waals surface area (Å²) in [6.45, 7) is 1.93. The molecule has 5 rings (SSSR count). The van der Waals surface area contributed by atoms with Crippen molar-refractivity contribution < 1.29 is 14.3 Å². The predicted octanol–water partition coefficient (Wildman–Crippen LogP) is 3.02. The highest BCUT2D eigenvalue weighted by Gasteiger charge is 2.31. The SMILES string of the molecule is O=C(CSc1nnnn1C1CCCC1)N1CCC[C@@H]1c1ccc2c(c1)OCCO2. The summed E-state index contributed by atoms with van der Waals surface area (Å²) < 4.78 is 13.2. The lowest BCUT2D eigenvalue weighted by molar-refractivity contribution is -0.129. The van der Waals surface area contributed by atoms with E-state index in [1.54, 1.807) is 0 Å². The molecular formula is C20H25N5O3S. The standard InChI is InChI=1S/C20H25N5O3S/c26-19(13-29-20-21-22-23-25(20)15-4-1-2-5-15)24-9-3-6-16(24)14-7-8-17-18(12-14)28-11-10-27-17/h7-8,12,15-16H,1-6,9-11,13H2/t16-/m1/s1. The number of likely N-dealkylation sites (tertiary alicyclic amines) is 1. The molecule has 0 unspecified atom stereocenters. The van der Waals surface area contributed by atoms with E-state index in [-0.39, 0.29) is 11.9 Å². The van der Waals surface area contributed by atoms with Crippen molar-refractivity contribution in [3.05, 3.63) is 23.8 Å². The number of hydrogen-bond donors (Lipinski definition) is 0. The molecule has 3 aliphatic rings. The Morgan fingerprint density at radius 3 is 2.79 bits per heavy atom. The third-order valence-corrected chi connectivity index (χ3v) is 6.90. The van der Waals surface area contributed by atoms with Crippen LogP contribution in [0.3, 0.4) is 0 Å². The fraction of sp³-hybridized carbons (Fsp3) is 0.600. The first-order chi connectivity index (χ1) is 14.3. The van der Waals surface area contributed by atoms with Gasteiger partial charge in [-0.3, -0.25) is 4.79 Å². The fourth-order valence-electron chi connectivity index (χ4n) is 4.55. The van der Waals surface area contributed by atoms with Gasteiger partial charge >= 0.3 is 0 Å². The van der Waals surface area contributed by atoms with E-state index in [1.165, 1.54) is 24.6 Å². The average molecular weight is 416 g/mol. The maximum absolute atomic E-state index is 13.0. The number of fused-ring (bicyclic) bond motifs is 1. The monoisotopic (exact) mass is 415 g/mol. The molecule has 1 aromatic carbocycles. The molecule has 2 aliphatic heterocycles. The van der Waals surface area contributed by atoms with Gasteiger partial charge in [0.1, 0.15) is 13.2 Å². The third-order valence-electron chi connectivity index (χ3n) is 5.98. The van der Waals surface area contributed by atoms with E-state index < -0.39 is 0 Å². The number of thioether (sulfide) groups is 1. The Kier molecular flexibility index (Phi) is 5.30. The molecule has 0 spiro atoms. The number of hydrogen-bond acceptors (Lipinski definition) is 7. The van der Waals surface area contributed by atoms with Gasteiger partial charge in [-0.1, -0.05) is 30.7 Å². The Hall–Kier alpha value is -2.29. The van der Waals surface area contributed by atoms with Crippen LogP contribution in [0.25, 0.3) is 0 Å². The molecule has 0 radical (unpaired) electrons. The third kappa shape index (κ3) is 3.80. The van der Waals surface area contributed by atoms with Gasteiger partial charge in [0, 0.05) is 6.54 Å². The first-order valence-electron chi connectivity index (χ1n) is 10.4. The first kappa shape index (κ1) is 18.7. The molecule has 1 aliphatic carbocycles. The number of amides is 1. The lowest BCUT2D eigenvalue weighted by Gasteiger charge is -2.26. The Morgan fingerprint density at radius 1 is 1.10 bits per heavy atom. The molecule has 1 atom stereocenters. The van der Waals surface area contributed by atoms with Crippen molar-refractivity contribution in [3.63, 3.8) is 0 Å². The molecule has 2 aromatic rings. The van der Waals surface area contributed by atoms with Gasteiger partial charge in [0.15, 0.2) is 11.5 Å². The summed E-state index contributed by atoms with van der Waals surface area (Å²) in [6, 6.07) is 6.50. The van der Waals surface area contributed by atoms with E-state index in [1.807, 2.05) is 21.7 Å². The molecule has 29 heavy (non-hydrogen) atoms. The van der Waals surface area contributed by atoms with E-state index in [2.05, 4.69) is 21.6 Å². The molecule has 1 saturated heterocycles. The molecule has 3 heterocycles. The van der Waals surface area contributed by atoms with Gasteiger partial charge in [-0.25, -0.2) is 4.68 Å². The van der Waals surface area contributed by atoms with Crippen LogP contribution in [0, 0.1) is 0 Å². The molecule has 8 nitrogen and oxygen atoms in total. The first-order valence-corrected chi connectivity index (χ1v) is 11.4. The normalized spacial score (nSPS) is 21.7.